The molecule has 2 unspecified atom stereocenters. The van der Waals surface area contributed by atoms with Crippen LogP contribution < -0.4 is 27.5 Å². The zero-order chi connectivity index (χ0) is 24.2. The molecule has 9 heteroatoms. The summed E-state index contributed by atoms with van der Waals surface area (Å²) >= 11 is 0. The lowest BCUT2D eigenvalue weighted by atomic mass is 9.96. The number of aryl methyl sites for hydroxylation is 1. The largest absolute Gasteiger partial charge is 0.481 e. The monoisotopic (exact) mass is 463 g/mol. The molecular formula is C25H29N5O4. The predicted molar refractivity (Wildman–Crippen MR) is 131 cm³/mol. The van der Waals surface area contributed by atoms with Crippen LogP contribution in [0.5, 0.6) is 5.75 Å². The Morgan fingerprint density at radius 1 is 1.24 bits per heavy atom. The van der Waals surface area contributed by atoms with Gasteiger partial charge in [-0.25, -0.2) is 16.2 Å². The Labute approximate surface area is 197 Å². The molecule has 2 atom stereocenters. The van der Waals surface area contributed by atoms with E-state index >= 15 is 0 Å². The molecule has 1 saturated heterocycles. The molecule has 0 saturated carbocycles. The van der Waals surface area contributed by atoms with Crippen LogP contribution in [0.15, 0.2) is 62.8 Å². The number of hydrogen-bond acceptors (Lipinski definition) is 7. The summed E-state index contributed by atoms with van der Waals surface area (Å²) in [5, 5.41) is 4.64. The first kappa shape index (κ1) is 23.3. The summed E-state index contributed by atoms with van der Waals surface area (Å²) < 4.78 is 11.4. The maximum absolute atomic E-state index is 13.0. The second kappa shape index (κ2) is 9.96. The fraction of sp³-hybridized carbons (Fsp3) is 0.320. The molecule has 0 spiro atoms. The molecule has 5 N–H and O–H groups in total. The molecule has 4 rings (SSSR count). The fourth-order valence-electron chi connectivity index (χ4n) is 4.41. The summed E-state index contributed by atoms with van der Waals surface area (Å²) in [6, 6.07) is 14.6. The van der Waals surface area contributed by atoms with Gasteiger partial charge >= 0.3 is 5.63 Å². The van der Waals surface area contributed by atoms with E-state index in [2.05, 4.69) is 10.6 Å². The standard InChI is InChI=1S/C25H29N5O4/c1-15-6-3-4-8-19(15)21-13-23(31)34-22-12-18(9-10-20(21)22)33-16(2)25(32)30-11-5-7-17(14-30)24(26)28-29-27/h3-4,6,8-10,12-13,16-17,29H,5,7,11,14,27H2,1-2H3,(H2,26,28). The van der Waals surface area contributed by atoms with Crippen LogP contribution in [-0.4, -0.2) is 35.8 Å². The van der Waals surface area contributed by atoms with Crippen LogP contribution >= 0.6 is 0 Å². The Morgan fingerprint density at radius 2 is 2.03 bits per heavy atom. The van der Waals surface area contributed by atoms with E-state index in [9.17, 15) is 9.59 Å². The molecule has 1 amide bonds. The number of benzene rings is 2. The van der Waals surface area contributed by atoms with E-state index in [4.69, 9.17) is 20.7 Å². The summed E-state index contributed by atoms with van der Waals surface area (Å²) in [6.07, 6.45) is 0.920. The normalized spacial score (nSPS) is 17.4. The smallest absolute Gasteiger partial charge is 0.336 e. The van der Waals surface area contributed by atoms with Gasteiger partial charge in [-0.15, -0.1) is 0 Å². The SMILES string of the molecule is Cc1ccccc1-c1cc(=O)oc2cc(OC(C)C(=O)N3CCCC(/C(N)=N/NN)C3)ccc12. The average molecular weight is 464 g/mol. The molecule has 2 heterocycles. The van der Waals surface area contributed by atoms with E-state index in [0.717, 1.165) is 34.9 Å². The molecule has 0 radical (unpaired) electrons. The number of piperidine rings is 1. The van der Waals surface area contributed by atoms with Gasteiger partial charge in [-0.1, -0.05) is 24.3 Å². The molecule has 0 bridgehead atoms. The highest BCUT2D eigenvalue weighted by atomic mass is 16.5. The summed E-state index contributed by atoms with van der Waals surface area (Å²) in [6.45, 7) is 4.78. The second-order valence-electron chi connectivity index (χ2n) is 8.50. The van der Waals surface area contributed by atoms with E-state index in [1.165, 1.54) is 6.07 Å². The molecule has 34 heavy (non-hydrogen) atoms. The van der Waals surface area contributed by atoms with Crippen molar-refractivity contribution in [3.05, 3.63) is 64.5 Å². The number of nitrogens with two attached hydrogens (primary N) is 2. The summed E-state index contributed by atoms with van der Waals surface area (Å²) in [4.78, 5) is 27.0. The van der Waals surface area contributed by atoms with Crippen LogP contribution in [0.3, 0.4) is 0 Å². The number of amides is 1. The lowest BCUT2D eigenvalue weighted by molar-refractivity contribution is -0.139. The third kappa shape index (κ3) is 4.89. The Kier molecular flexibility index (Phi) is 6.83. The Morgan fingerprint density at radius 3 is 2.79 bits per heavy atom. The Bertz CT molecular complexity index is 1290. The number of ether oxygens (including phenoxy) is 1. The zero-order valence-corrected chi connectivity index (χ0v) is 19.3. The minimum atomic E-state index is -0.728. The van der Waals surface area contributed by atoms with Crippen molar-refractivity contribution in [1.82, 2.24) is 10.4 Å². The summed E-state index contributed by atoms with van der Waals surface area (Å²) in [7, 11) is 0. The average Bonchev–Trinajstić information content (AvgIpc) is 2.83. The van der Waals surface area contributed by atoms with Gasteiger partial charge in [-0.05, 0) is 49.9 Å². The van der Waals surface area contributed by atoms with Gasteiger partial charge in [0.2, 0.25) is 0 Å². The van der Waals surface area contributed by atoms with Gasteiger partial charge in [0.05, 0.1) is 0 Å². The van der Waals surface area contributed by atoms with Crippen molar-refractivity contribution in [2.75, 3.05) is 13.1 Å². The van der Waals surface area contributed by atoms with Gasteiger partial charge in [0.15, 0.2) is 6.10 Å². The van der Waals surface area contributed by atoms with Gasteiger partial charge in [-0.2, -0.15) is 5.10 Å². The maximum Gasteiger partial charge on any atom is 0.336 e. The minimum Gasteiger partial charge on any atom is -0.481 e. The molecular weight excluding hydrogens is 434 g/mol. The molecule has 0 aliphatic carbocycles. The van der Waals surface area contributed by atoms with E-state index in [1.54, 1.807) is 24.0 Å². The highest BCUT2D eigenvalue weighted by molar-refractivity contribution is 5.94. The fourth-order valence-corrected chi connectivity index (χ4v) is 4.41. The minimum absolute atomic E-state index is 0.0595. The molecule has 9 nitrogen and oxygen atoms in total. The molecule has 3 aromatic rings. The van der Waals surface area contributed by atoms with Crippen molar-refractivity contribution >= 4 is 22.7 Å². The third-order valence-electron chi connectivity index (χ3n) is 6.16. The van der Waals surface area contributed by atoms with E-state index in [-0.39, 0.29) is 11.8 Å². The zero-order valence-electron chi connectivity index (χ0n) is 19.3. The van der Waals surface area contributed by atoms with Crippen LogP contribution in [0.25, 0.3) is 22.1 Å². The summed E-state index contributed by atoms with van der Waals surface area (Å²) in [5.74, 6) is 5.84. The first-order valence-corrected chi connectivity index (χ1v) is 11.3. The number of likely N-dealkylation sites (tertiary alicyclic amines) is 1. The van der Waals surface area contributed by atoms with E-state index in [1.807, 2.05) is 37.3 Å². The topological polar surface area (TPSA) is 136 Å². The predicted octanol–water partition coefficient (Wildman–Crippen LogP) is 2.51. The number of hydrazine groups is 1. The molecule has 1 aliphatic rings. The van der Waals surface area contributed by atoms with Crippen molar-refractivity contribution in [3.63, 3.8) is 0 Å². The maximum atomic E-state index is 13.0. The van der Waals surface area contributed by atoms with Gasteiger partial charge in [0.1, 0.15) is 17.2 Å². The Balaban J connectivity index is 1.54. The number of carbonyl (C=O) groups excluding carboxylic acids is 1. The number of fused-ring (bicyclic) bond motifs is 1. The molecule has 1 aliphatic heterocycles. The number of amidine groups is 1. The molecule has 1 aromatic heterocycles. The van der Waals surface area contributed by atoms with Gasteiger partial charge < -0.3 is 19.8 Å². The number of nitrogens with zero attached hydrogens (tertiary/aromatic N) is 2. The first-order valence-electron chi connectivity index (χ1n) is 11.3. The van der Waals surface area contributed by atoms with Crippen LogP contribution in [0, 0.1) is 12.8 Å². The van der Waals surface area contributed by atoms with Crippen LogP contribution in [-0.2, 0) is 4.79 Å². The first-order chi connectivity index (χ1) is 16.4. The number of carbonyl (C=O) groups is 1. The summed E-state index contributed by atoms with van der Waals surface area (Å²) in [5.41, 5.74) is 10.9. The van der Waals surface area contributed by atoms with Crippen molar-refractivity contribution < 1.29 is 13.9 Å². The number of hydrazone groups is 1. The Hall–Kier alpha value is -3.85. The van der Waals surface area contributed by atoms with Crippen LogP contribution in [0.2, 0.25) is 0 Å². The lowest BCUT2D eigenvalue weighted by Crippen LogP contribution is -2.48. The third-order valence-corrected chi connectivity index (χ3v) is 6.16. The van der Waals surface area contributed by atoms with Crippen molar-refractivity contribution in [2.45, 2.75) is 32.8 Å². The highest BCUT2D eigenvalue weighted by Crippen LogP contribution is 2.31. The van der Waals surface area contributed by atoms with Crippen LogP contribution in [0.4, 0.5) is 0 Å². The molecule has 2 aromatic carbocycles. The quantitative estimate of drug-likeness (QED) is 0.168. The van der Waals surface area contributed by atoms with Crippen molar-refractivity contribution in [1.29, 1.82) is 0 Å². The number of nitrogens with one attached hydrogen (secondary N) is 1. The second-order valence-corrected chi connectivity index (χ2v) is 8.50. The van der Waals surface area contributed by atoms with Gasteiger partial charge in [0, 0.05) is 42.1 Å². The lowest BCUT2D eigenvalue weighted by Gasteiger charge is -2.33. The van der Waals surface area contributed by atoms with E-state index < -0.39 is 11.7 Å². The number of hydrogen-bond donors (Lipinski definition) is 3. The van der Waals surface area contributed by atoms with Crippen LogP contribution in [0.1, 0.15) is 25.3 Å². The van der Waals surface area contributed by atoms with E-state index in [0.29, 0.717) is 30.3 Å². The molecule has 1 fully saturated rings. The van der Waals surface area contributed by atoms with Gasteiger partial charge in [-0.3, -0.25) is 4.79 Å². The molecule has 178 valence electrons. The highest BCUT2D eigenvalue weighted by Gasteiger charge is 2.29. The van der Waals surface area contributed by atoms with Crippen molar-refractivity contribution in [3.8, 4) is 16.9 Å². The van der Waals surface area contributed by atoms with Crippen molar-refractivity contribution in [2.24, 2.45) is 22.6 Å². The number of rotatable bonds is 6. The van der Waals surface area contributed by atoms with Gasteiger partial charge in [0.25, 0.3) is 5.91 Å².